The Morgan fingerprint density at radius 1 is 1.50 bits per heavy atom. The Bertz CT molecular complexity index is 655. The van der Waals surface area contributed by atoms with Gasteiger partial charge in [0, 0.05) is 13.2 Å². The summed E-state index contributed by atoms with van der Waals surface area (Å²) in [5, 5.41) is 25.3. The van der Waals surface area contributed by atoms with E-state index in [-0.39, 0.29) is 0 Å². The minimum atomic E-state index is -0.770. The molecule has 0 aromatic carbocycles. The van der Waals surface area contributed by atoms with E-state index in [1.54, 1.807) is 9.36 Å². The fourth-order valence-electron chi connectivity index (χ4n) is 2.65. The topological polar surface area (TPSA) is 98.7 Å². The molecule has 0 saturated heterocycles. The maximum atomic E-state index is 11.5. The van der Waals surface area contributed by atoms with Gasteiger partial charge in [0.15, 0.2) is 5.82 Å². The summed E-state index contributed by atoms with van der Waals surface area (Å²) in [4.78, 5) is 11.5. The van der Waals surface area contributed by atoms with Gasteiger partial charge in [-0.05, 0) is 30.2 Å². The van der Waals surface area contributed by atoms with Gasteiger partial charge >= 0.3 is 5.97 Å². The highest BCUT2D eigenvalue weighted by Gasteiger charge is 2.45. The Kier molecular flexibility index (Phi) is 2.81. The molecule has 20 heavy (non-hydrogen) atoms. The van der Waals surface area contributed by atoms with Crippen LogP contribution in [0.15, 0.2) is 6.20 Å². The Morgan fingerprint density at radius 2 is 2.25 bits per heavy atom. The van der Waals surface area contributed by atoms with E-state index in [0.717, 1.165) is 17.7 Å². The van der Waals surface area contributed by atoms with E-state index in [2.05, 4.69) is 20.6 Å². The Balaban J connectivity index is 1.95. The van der Waals surface area contributed by atoms with Crippen LogP contribution in [0.25, 0.3) is 11.4 Å². The van der Waals surface area contributed by atoms with Crippen LogP contribution in [0, 0.1) is 12.3 Å². The van der Waals surface area contributed by atoms with Crippen molar-refractivity contribution < 1.29 is 9.90 Å². The largest absolute Gasteiger partial charge is 0.481 e. The molecule has 0 bridgehead atoms. The SMILES string of the molecule is Cc1nn(C)cc1-c1nnnn1CC1(C(=O)O)CCC1. The van der Waals surface area contributed by atoms with Crippen molar-refractivity contribution in [3.63, 3.8) is 0 Å². The number of aliphatic carboxylic acids is 1. The van der Waals surface area contributed by atoms with Crippen molar-refractivity contribution in [1.29, 1.82) is 0 Å². The number of carboxylic acids is 1. The number of nitrogens with zero attached hydrogens (tertiary/aromatic N) is 6. The summed E-state index contributed by atoms with van der Waals surface area (Å²) in [5.41, 5.74) is 0.930. The van der Waals surface area contributed by atoms with Crippen molar-refractivity contribution in [1.82, 2.24) is 30.0 Å². The molecule has 0 radical (unpaired) electrons. The average Bonchev–Trinajstić information content (AvgIpc) is 2.89. The van der Waals surface area contributed by atoms with Crippen molar-refractivity contribution >= 4 is 5.97 Å². The number of aryl methyl sites for hydroxylation is 2. The molecule has 8 nitrogen and oxygen atoms in total. The van der Waals surface area contributed by atoms with Crippen LogP contribution in [0.5, 0.6) is 0 Å². The van der Waals surface area contributed by atoms with Gasteiger partial charge < -0.3 is 5.11 Å². The van der Waals surface area contributed by atoms with Gasteiger partial charge in [-0.3, -0.25) is 9.48 Å². The lowest BCUT2D eigenvalue weighted by Crippen LogP contribution is -2.42. The zero-order valence-corrected chi connectivity index (χ0v) is 11.4. The fourth-order valence-corrected chi connectivity index (χ4v) is 2.65. The predicted octanol–water partition coefficient (Wildman–Crippen LogP) is 0.637. The van der Waals surface area contributed by atoms with E-state index in [1.165, 1.54) is 0 Å². The predicted molar refractivity (Wildman–Crippen MR) is 68.7 cm³/mol. The van der Waals surface area contributed by atoms with Crippen molar-refractivity contribution in [3.8, 4) is 11.4 Å². The standard InChI is InChI=1S/C12H16N6O2/c1-8-9(6-17(2)14-8)10-13-15-16-18(10)7-12(11(19)20)4-3-5-12/h6H,3-5,7H2,1-2H3,(H,19,20). The molecular weight excluding hydrogens is 260 g/mol. The lowest BCUT2D eigenvalue weighted by molar-refractivity contribution is -0.156. The van der Waals surface area contributed by atoms with Crippen LogP contribution < -0.4 is 0 Å². The molecule has 0 unspecified atom stereocenters. The lowest BCUT2D eigenvalue weighted by Gasteiger charge is -2.37. The molecule has 1 fully saturated rings. The lowest BCUT2D eigenvalue weighted by atomic mass is 9.69. The first-order valence-electron chi connectivity index (χ1n) is 6.52. The van der Waals surface area contributed by atoms with E-state index in [9.17, 15) is 9.90 Å². The number of hydrogen-bond acceptors (Lipinski definition) is 5. The number of rotatable bonds is 4. The summed E-state index contributed by atoms with van der Waals surface area (Å²) in [7, 11) is 1.83. The molecule has 1 N–H and O–H groups in total. The molecule has 3 rings (SSSR count). The summed E-state index contributed by atoms with van der Waals surface area (Å²) < 4.78 is 3.28. The number of carbonyl (C=O) groups is 1. The molecule has 106 valence electrons. The van der Waals surface area contributed by atoms with Gasteiger partial charge in [-0.15, -0.1) is 5.10 Å². The summed E-state index contributed by atoms with van der Waals surface area (Å²) in [6.45, 7) is 2.18. The minimum absolute atomic E-state index is 0.305. The Morgan fingerprint density at radius 3 is 2.75 bits per heavy atom. The van der Waals surface area contributed by atoms with Gasteiger partial charge in [0.1, 0.15) is 0 Å². The zero-order chi connectivity index (χ0) is 14.3. The second-order valence-corrected chi connectivity index (χ2v) is 5.40. The molecule has 1 aliphatic rings. The highest BCUT2D eigenvalue weighted by Crippen LogP contribution is 2.43. The zero-order valence-electron chi connectivity index (χ0n) is 11.4. The van der Waals surface area contributed by atoms with Crippen LogP contribution in [-0.2, 0) is 18.4 Å². The highest BCUT2D eigenvalue weighted by atomic mass is 16.4. The van der Waals surface area contributed by atoms with E-state index >= 15 is 0 Å². The van der Waals surface area contributed by atoms with Crippen molar-refractivity contribution in [2.24, 2.45) is 12.5 Å². The van der Waals surface area contributed by atoms with Crippen LogP contribution in [0.3, 0.4) is 0 Å². The Hall–Kier alpha value is -2.25. The maximum absolute atomic E-state index is 11.5. The van der Waals surface area contributed by atoms with Crippen LogP contribution in [0.4, 0.5) is 0 Å². The number of carboxylic acid groups (broad SMARTS) is 1. The van der Waals surface area contributed by atoms with E-state index in [4.69, 9.17) is 0 Å². The summed E-state index contributed by atoms with van der Waals surface area (Å²) >= 11 is 0. The van der Waals surface area contributed by atoms with Gasteiger partial charge in [-0.25, -0.2) is 4.68 Å². The highest BCUT2D eigenvalue weighted by molar-refractivity contribution is 5.75. The third-order valence-electron chi connectivity index (χ3n) is 4.00. The van der Waals surface area contributed by atoms with Gasteiger partial charge in [0.05, 0.1) is 23.2 Å². The number of hydrogen-bond donors (Lipinski definition) is 1. The van der Waals surface area contributed by atoms with Crippen LogP contribution in [0.2, 0.25) is 0 Å². The Labute approximate surface area is 115 Å². The molecule has 1 aliphatic carbocycles. The second kappa shape index (κ2) is 4.39. The quantitative estimate of drug-likeness (QED) is 0.879. The molecule has 1 saturated carbocycles. The van der Waals surface area contributed by atoms with Gasteiger partial charge in [0.25, 0.3) is 0 Å². The molecule has 0 atom stereocenters. The van der Waals surface area contributed by atoms with Crippen LogP contribution >= 0.6 is 0 Å². The molecular formula is C12H16N6O2. The molecule has 8 heteroatoms. The van der Waals surface area contributed by atoms with Crippen LogP contribution in [0.1, 0.15) is 25.0 Å². The van der Waals surface area contributed by atoms with E-state index in [0.29, 0.717) is 25.2 Å². The fraction of sp³-hybridized carbons (Fsp3) is 0.583. The summed E-state index contributed by atoms with van der Waals surface area (Å²) in [6, 6.07) is 0. The third kappa shape index (κ3) is 1.87. The molecule has 2 aromatic rings. The van der Waals surface area contributed by atoms with E-state index < -0.39 is 11.4 Å². The summed E-state index contributed by atoms with van der Waals surface area (Å²) in [5.74, 6) is -0.198. The van der Waals surface area contributed by atoms with Crippen molar-refractivity contribution in [3.05, 3.63) is 11.9 Å². The molecule has 0 spiro atoms. The molecule has 2 heterocycles. The molecule has 0 aliphatic heterocycles. The molecule has 2 aromatic heterocycles. The van der Waals surface area contributed by atoms with E-state index in [1.807, 2.05) is 20.2 Å². The average molecular weight is 276 g/mol. The minimum Gasteiger partial charge on any atom is -0.481 e. The van der Waals surface area contributed by atoms with Crippen molar-refractivity contribution in [2.45, 2.75) is 32.7 Å². The first kappa shape index (κ1) is 12.8. The number of aromatic nitrogens is 6. The normalized spacial score (nSPS) is 16.9. The second-order valence-electron chi connectivity index (χ2n) is 5.40. The molecule has 0 amide bonds. The monoisotopic (exact) mass is 276 g/mol. The van der Waals surface area contributed by atoms with Gasteiger partial charge in [0.2, 0.25) is 0 Å². The maximum Gasteiger partial charge on any atom is 0.311 e. The first-order chi connectivity index (χ1) is 9.52. The van der Waals surface area contributed by atoms with Gasteiger partial charge in [-0.2, -0.15) is 5.10 Å². The third-order valence-corrected chi connectivity index (χ3v) is 4.00. The first-order valence-corrected chi connectivity index (χ1v) is 6.52. The number of tetrazole rings is 1. The van der Waals surface area contributed by atoms with Gasteiger partial charge in [-0.1, -0.05) is 6.42 Å². The summed E-state index contributed by atoms with van der Waals surface area (Å²) in [6.07, 6.45) is 4.13. The smallest absolute Gasteiger partial charge is 0.311 e. The van der Waals surface area contributed by atoms with Crippen LogP contribution in [-0.4, -0.2) is 41.1 Å². The van der Waals surface area contributed by atoms with Crippen molar-refractivity contribution in [2.75, 3.05) is 0 Å².